The van der Waals surface area contributed by atoms with Crippen molar-refractivity contribution in [1.29, 1.82) is 0 Å². The summed E-state index contributed by atoms with van der Waals surface area (Å²) in [5, 5.41) is 7.00. The smallest absolute Gasteiger partial charge is 0.192 e. The van der Waals surface area contributed by atoms with Crippen molar-refractivity contribution in [2.75, 3.05) is 0 Å². The van der Waals surface area contributed by atoms with E-state index in [1.54, 1.807) is 0 Å². The van der Waals surface area contributed by atoms with E-state index in [4.69, 9.17) is 0 Å². The number of aliphatic imine (C=N–C) groups is 1. The second-order valence-electron chi connectivity index (χ2n) is 4.94. The van der Waals surface area contributed by atoms with E-state index in [0.717, 1.165) is 12.5 Å². The predicted octanol–water partition coefficient (Wildman–Crippen LogP) is 2.66. The molecule has 2 fully saturated rings. The van der Waals surface area contributed by atoms with Gasteiger partial charge in [-0.25, -0.2) is 4.99 Å². The molecule has 2 aliphatic rings. The number of halogens is 1. The summed E-state index contributed by atoms with van der Waals surface area (Å²) in [7, 11) is 0. The van der Waals surface area contributed by atoms with E-state index in [-0.39, 0.29) is 24.0 Å². The van der Waals surface area contributed by atoms with Gasteiger partial charge in [0.1, 0.15) is 0 Å². The van der Waals surface area contributed by atoms with E-state index < -0.39 is 0 Å². The largest absolute Gasteiger partial charge is 0.352 e. The summed E-state index contributed by atoms with van der Waals surface area (Å²) in [4.78, 5) is 4.61. The second-order valence-corrected chi connectivity index (χ2v) is 4.94. The van der Waals surface area contributed by atoms with E-state index >= 15 is 0 Å². The molecular weight excluding hydrogens is 337 g/mol. The predicted molar refractivity (Wildman–Crippen MR) is 85.3 cm³/mol. The zero-order valence-electron chi connectivity index (χ0n) is 10.4. The molecule has 0 amide bonds. The summed E-state index contributed by atoms with van der Waals surface area (Å²) in [6.07, 6.45) is 5.26. The Morgan fingerprint density at radius 2 is 1.61 bits per heavy atom. The number of fused-ring (bicyclic) bond motifs is 1. The van der Waals surface area contributed by atoms with Crippen LogP contribution in [0.25, 0.3) is 0 Å². The van der Waals surface area contributed by atoms with Crippen LogP contribution in [0.4, 0.5) is 0 Å². The van der Waals surface area contributed by atoms with Gasteiger partial charge in [0.25, 0.3) is 0 Å². The third kappa shape index (κ3) is 3.16. The topological polar surface area (TPSA) is 36.4 Å². The van der Waals surface area contributed by atoms with Gasteiger partial charge in [0, 0.05) is 12.1 Å². The van der Waals surface area contributed by atoms with Crippen molar-refractivity contribution in [3.63, 3.8) is 0 Å². The van der Waals surface area contributed by atoms with E-state index in [1.165, 1.54) is 31.2 Å². The Morgan fingerprint density at radius 1 is 1.00 bits per heavy atom. The molecule has 98 valence electrons. The Morgan fingerprint density at radius 3 is 2.22 bits per heavy atom. The molecule has 18 heavy (non-hydrogen) atoms. The van der Waals surface area contributed by atoms with Crippen LogP contribution >= 0.6 is 24.0 Å². The lowest BCUT2D eigenvalue weighted by atomic mass is 9.92. The summed E-state index contributed by atoms with van der Waals surface area (Å²) >= 11 is 0. The van der Waals surface area contributed by atoms with Crippen LogP contribution in [0, 0.1) is 0 Å². The Kier molecular flexibility index (Phi) is 4.86. The van der Waals surface area contributed by atoms with Gasteiger partial charge in [-0.15, -0.1) is 24.0 Å². The van der Waals surface area contributed by atoms with Crippen molar-refractivity contribution in [2.24, 2.45) is 4.99 Å². The minimum atomic E-state index is 0. The number of benzene rings is 1. The highest BCUT2D eigenvalue weighted by Crippen LogP contribution is 2.21. The van der Waals surface area contributed by atoms with Crippen LogP contribution in [0.15, 0.2) is 35.3 Å². The average molecular weight is 357 g/mol. The van der Waals surface area contributed by atoms with Crippen LogP contribution < -0.4 is 10.6 Å². The Hall–Kier alpha value is -0.780. The molecule has 1 saturated heterocycles. The molecule has 1 aromatic rings. The van der Waals surface area contributed by atoms with Crippen molar-refractivity contribution in [1.82, 2.24) is 10.6 Å². The van der Waals surface area contributed by atoms with Gasteiger partial charge >= 0.3 is 0 Å². The molecule has 1 aliphatic heterocycles. The number of hydrogen-bond donors (Lipinski definition) is 2. The summed E-state index contributed by atoms with van der Waals surface area (Å²) in [6, 6.07) is 11.6. The summed E-state index contributed by atoms with van der Waals surface area (Å²) in [6.45, 7) is 0.760. The van der Waals surface area contributed by atoms with Crippen molar-refractivity contribution in [3.8, 4) is 0 Å². The standard InChI is InChI=1S/C14H19N3.HI/c1-2-6-11(7-3-1)10-15-14-16-12-8-4-5-9-13(12)17-14;/h1-3,6-7,12-13H,4-5,8-10H2,(H2,15,16,17);1H. The summed E-state index contributed by atoms with van der Waals surface area (Å²) in [5.74, 6) is 0.991. The molecule has 0 spiro atoms. The lowest BCUT2D eigenvalue weighted by molar-refractivity contribution is 0.374. The van der Waals surface area contributed by atoms with Gasteiger partial charge in [0.2, 0.25) is 0 Å². The van der Waals surface area contributed by atoms with Gasteiger partial charge in [-0.05, 0) is 18.4 Å². The number of rotatable bonds is 2. The minimum Gasteiger partial charge on any atom is -0.352 e. The maximum atomic E-state index is 4.61. The van der Waals surface area contributed by atoms with Crippen LogP contribution in [0.1, 0.15) is 31.2 Å². The fourth-order valence-electron chi connectivity index (χ4n) is 2.71. The van der Waals surface area contributed by atoms with Gasteiger partial charge in [-0.1, -0.05) is 43.2 Å². The zero-order chi connectivity index (χ0) is 11.5. The third-order valence-electron chi connectivity index (χ3n) is 3.67. The Labute approximate surface area is 125 Å². The van der Waals surface area contributed by atoms with E-state index in [1.807, 2.05) is 6.07 Å². The van der Waals surface area contributed by atoms with Crippen LogP contribution in [-0.2, 0) is 6.54 Å². The fourth-order valence-corrected chi connectivity index (χ4v) is 2.71. The second kappa shape index (κ2) is 6.41. The molecule has 4 heteroatoms. The van der Waals surface area contributed by atoms with Crippen LogP contribution in [0.3, 0.4) is 0 Å². The highest BCUT2D eigenvalue weighted by molar-refractivity contribution is 14.0. The van der Waals surface area contributed by atoms with E-state index in [2.05, 4.69) is 39.9 Å². The molecule has 3 nitrogen and oxygen atoms in total. The van der Waals surface area contributed by atoms with Crippen molar-refractivity contribution in [3.05, 3.63) is 35.9 Å². The van der Waals surface area contributed by atoms with Gasteiger partial charge in [0.15, 0.2) is 5.96 Å². The van der Waals surface area contributed by atoms with E-state index in [0.29, 0.717) is 12.1 Å². The molecule has 3 rings (SSSR count). The van der Waals surface area contributed by atoms with E-state index in [9.17, 15) is 0 Å². The highest BCUT2D eigenvalue weighted by atomic mass is 127. The molecule has 2 N–H and O–H groups in total. The number of guanidine groups is 1. The van der Waals surface area contributed by atoms with Gasteiger partial charge in [0.05, 0.1) is 6.54 Å². The molecule has 1 heterocycles. The van der Waals surface area contributed by atoms with Crippen LogP contribution in [0.5, 0.6) is 0 Å². The molecular formula is C14H20IN3. The fraction of sp³-hybridized carbons (Fsp3) is 0.500. The maximum absolute atomic E-state index is 4.61. The number of nitrogens with zero attached hydrogens (tertiary/aromatic N) is 1. The first kappa shape index (κ1) is 13.6. The molecule has 0 bridgehead atoms. The third-order valence-corrected chi connectivity index (χ3v) is 3.67. The molecule has 1 aliphatic carbocycles. The quantitative estimate of drug-likeness (QED) is 0.799. The molecule has 2 atom stereocenters. The lowest BCUT2D eigenvalue weighted by Gasteiger charge is -2.23. The number of nitrogens with one attached hydrogen (secondary N) is 2. The van der Waals surface area contributed by atoms with Crippen molar-refractivity contribution >= 4 is 29.9 Å². The average Bonchev–Trinajstić information content (AvgIpc) is 2.80. The molecule has 2 unspecified atom stereocenters. The summed E-state index contributed by atoms with van der Waals surface area (Å²) in [5.41, 5.74) is 1.26. The highest BCUT2D eigenvalue weighted by Gasteiger charge is 2.31. The normalized spacial score (nSPS) is 25.4. The minimum absolute atomic E-state index is 0. The van der Waals surface area contributed by atoms with Crippen LogP contribution in [0.2, 0.25) is 0 Å². The zero-order valence-corrected chi connectivity index (χ0v) is 12.8. The van der Waals surface area contributed by atoms with Crippen molar-refractivity contribution < 1.29 is 0 Å². The van der Waals surface area contributed by atoms with Crippen LogP contribution in [-0.4, -0.2) is 18.0 Å². The first-order valence-electron chi connectivity index (χ1n) is 6.53. The van der Waals surface area contributed by atoms with Gasteiger partial charge in [-0.3, -0.25) is 0 Å². The molecule has 0 radical (unpaired) electrons. The maximum Gasteiger partial charge on any atom is 0.192 e. The molecule has 0 aromatic heterocycles. The lowest BCUT2D eigenvalue weighted by Crippen LogP contribution is -2.36. The van der Waals surface area contributed by atoms with Gasteiger partial charge in [-0.2, -0.15) is 0 Å². The SMILES string of the molecule is I.c1ccc(CN=C2NC3CCCCC3N2)cc1. The number of hydrogen-bond acceptors (Lipinski definition) is 1. The summed E-state index contributed by atoms with van der Waals surface area (Å²) < 4.78 is 0. The first-order chi connectivity index (χ1) is 8.42. The molecule has 1 aromatic carbocycles. The van der Waals surface area contributed by atoms with Gasteiger partial charge < -0.3 is 10.6 Å². The van der Waals surface area contributed by atoms with Crippen molar-refractivity contribution in [2.45, 2.75) is 44.3 Å². The molecule has 1 saturated carbocycles. The monoisotopic (exact) mass is 357 g/mol. The Bertz CT molecular complexity index is 389. The Balaban J connectivity index is 0.00000120. The first-order valence-corrected chi connectivity index (χ1v) is 6.53.